The average Bonchev–Trinajstić information content (AvgIpc) is 2.96. The number of likely N-dealkylation sites (tertiary alicyclic amines) is 1. The van der Waals surface area contributed by atoms with Crippen LogP contribution in [-0.2, 0) is 0 Å². The molecule has 1 unspecified atom stereocenters. The Morgan fingerprint density at radius 3 is 2.73 bits per heavy atom. The molecule has 1 aliphatic heterocycles. The minimum Gasteiger partial charge on any atom is -0.492 e. The summed E-state index contributed by atoms with van der Waals surface area (Å²) in [5, 5.41) is 11.4. The van der Waals surface area contributed by atoms with Gasteiger partial charge in [-0.15, -0.1) is 0 Å². The van der Waals surface area contributed by atoms with E-state index in [1.165, 1.54) is 6.07 Å². The van der Waals surface area contributed by atoms with Crippen LogP contribution in [0.5, 0.6) is 11.5 Å². The lowest BCUT2D eigenvalue weighted by molar-refractivity contribution is -0.386. The normalized spacial score (nSPS) is 20.1. The van der Waals surface area contributed by atoms with Gasteiger partial charge in [0, 0.05) is 26.1 Å². The van der Waals surface area contributed by atoms with Crippen molar-refractivity contribution >= 4 is 17.3 Å². The van der Waals surface area contributed by atoms with Crippen molar-refractivity contribution in [1.82, 2.24) is 4.90 Å². The molecular weight excluding hydrogens is 356 g/mol. The molecule has 0 aliphatic carbocycles. The fourth-order valence-corrected chi connectivity index (χ4v) is 3.36. The number of para-hydroxylation sites is 2. The predicted molar refractivity (Wildman–Crippen MR) is 100 cm³/mol. The first kappa shape index (κ1) is 18.5. The van der Waals surface area contributed by atoms with E-state index in [4.69, 9.17) is 21.1 Å². The SMILES string of the molecule is CC1(Oc2cccc(Cl)c2[N+](=O)[O-])CCN(CCOc2ccccc2)C1. The summed E-state index contributed by atoms with van der Waals surface area (Å²) < 4.78 is 11.8. The molecule has 7 heteroatoms. The van der Waals surface area contributed by atoms with Crippen LogP contribution in [0.15, 0.2) is 48.5 Å². The summed E-state index contributed by atoms with van der Waals surface area (Å²) >= 11 is 5.96. The van der Waals surface area contributed by atoms with Gasteiger partial charge < -0.3 is 9.47 Å². The maximum Gasteiger partial charge on any atom is 0.329 e. The van der Waals surface area contributed by atoms with Crippen LogP contribution in [0, 0.1) is 10.1 Å². The van der Waals surface area contributed by atoms with Gasteiger partial charge in [0.2, 0.25) is 0 Å². The minimum atomic E-state index is -0.499. The van der Waals surface area contributed by atoms with E-state index in [2.05, 4.69) is 4.90 Å². The van der Waals surface area contributed by atoms with Crippen LogP contribution in [0.3, 0.4) is 0 Å². The van der Waals surface area contributed by atoms with Crippen molar-refractivity contribution in [2.75, 3.05) is 26.2 Å². The second-order valence-electron chi connectivity index (χ2n) is 6.58. The molecule has 2 aromatic rings. The van der Waals surface area contributed by atoms with Crippen molar-refractivity contribution in [1.29, 1.82) is 0 Å². The molecule has 0 amide bonds. The Morgan fingerprint density at radius 1 is 1.23 bits per heavy atom. The highest BCUT2D eigenvalue weighted by Gasteiger charge is 2.37. The summed E-state index contributed by atoms with van der Waals surface area (Å²) in [6, 6.07) is 14.4. The van der Waals surface area contributed by atoms with Crippen molar-refractivity contribution in [3.8, 4) is 11.5 Å². The van der Waals surface area contributed by atoms with E-state index >= 15 is 0 Å². The number of nitro groups is 1. The molecule has 6 nitrogen and oxygen atoms in total. The van der Waals surface area contributed by atoms with Crippen molar-refractivity contribution < 1.29 is 14.4 Å². The largest absolute Gasteiger partial charge is 0.492 e. The molecule has 0 N–H and O–H groups in total. The van der Waals surface area contributed by atoms with Crippen LogP contribution in [0.25, 0.3) is 0 Å². The van der Waals surface area contributed by atoms with Gasteiger partial charge in [0.05, 0.1) is 4.92 Å². The molecular formula is C19H21ClN2O4. The highest BCUT2D eigenvalue weighted by Crippen LogP contribution is 2.38. The monoisotopic (exact) mass is 376 g/mol. The first-order chi connectivity index (χ1) is 12.5. The Labute approximate surface area is 157 Å². The quantitative estimate of drug-likeness (QED) is 0.536. The van der Waals surface area contributed by atoms with Crippen LogP contribution in [-0.4, -0.2) is 41.7 Å². The summed E-state index contributed by atoms with van der Waals surface area (Å²) in [4.78, 5) is 13.0. The minimum absolute atomic E-state index is 0.0854. The zero-order chi connectivity index (χ0) is 18.6. The van der Waals surface area contributed by atoms with Crippen LogP contribution in [0.4, 0.5) is 5.69 Å². The number of hydrogen-bond acceptors (Lipinski definition) is 5. The van der Waals surface area contributed by atoms with Gasteiger partial charge in [0.1, 0.15) is 23.0 Å². The Kier molecular flexibility index (Phi) is 5.64. The Morgan fingerprint density at radius 2 is 2.00 bits per heavy atom. The van der Waals surface area contributed by atoms with Gasteiger partial charge in [-0.25, -0.2) is 0 Å². The number of rotatable bonds is 7. The summed E-state index contributed by atoms with van der Waals surface area (Å²) in [6.45, 7) is 4.84. The van der Waals surface area contributed by atoms with Gasteiger partial charge in [0.15, 0.2) is 5.75 Å². The molecule has 0 aromatic heterocycles. The second-order valence-corrected chi connectivity index (χ2v) is 6.99. The molecule has 1 heterocycles. The molecule has 0 bridgehead atoms. The van der Waals surface area contributed by atoms with Crippen LogP contribution in [0.2, 0.25) is 5.02 Å². The van der Waals surface area contributed by atoms with Gasteiger partial charge in [-0.3, -0.25) is 15.0 Å². The summed E-state index contributed by atoms with van der Waals surface area (Å²) in [7, 11) is 0. The fraction of sp³-hybridized carbons (Fsp3) is 0.368. The Hall–Kier alpha value is -2.31. The van der Waals surface area contributed by atoms with Crippen molar-refractivity contribution in [3.05, 3.63) is 63.7 Å². The Bertz CT molecular complexity index is 771. The smallest absolute Gasteiger partial charge is 0.329 e. The van der Waals surface area contributed by atoms with E-state index in [0.29, 0.717) is 13.2 Å². The average molecular weight is 377 g/mol. The highest BCUT2D eigenvalue weighted by molar-refractivity contribution is 6.32. The van der Waals surface area contributed by atoms with E-state index < -0.39 is 10.5 Å². The molecule has 1 saturated heterocycles. The van der Waals surface area contributed by atoms with Gasteiger partial charge >= 0.3 is 5.69 Å². The fourth-order valence-electron chi connectivity index (χ4n) is 3.13. The second kappa shape index (κ2) is 7.93. The van der Waals surface area contributed by atoms with Gasteiger partial charge in [-0.2, -0.15) is 0 Å². The van der Waals surface area contributed by atoms with Gasteiger partial charge in [-0.1, -0.05) is 35.9 Å². The van der Waals surface area contributed by atoms with E-state index in [-0.39, 0.29) is 16.5 Å². The molecule has 1 aliphatic rings. The number of benzene rings is 2. The third-order valence-electron chi connectivity index (χ3n) is 4.42. The highest BCUT2D eigenvalue weighted by atomic mass is 35.5. The van der Waals surface area contributed by atoms with Gasteiger partial charge in [-0.05, 0) is 31.2 Å². The number of halogens is 1. The van der Waals surface area contributed by atoms with Crippen molar-refractivity contribution in [2.24, 2.45) is 0 Å². The summed E-state index contributed by atoms with van der Waals surface area (Å²) in [5.41, 5.74) is -0.677. The lowest BCUT2D eigenvalue weighted by Crippen LogP contribution is -2.37. The zero-order valence-electron chi connectivity index (χ0n) is 14.6. The standard InChI is InChI=1S/C19H21ClN2O4/c1-19(26-17-9-5-8-16(20)18(17)22(23)24)10-11-21(14-19)12-13-25-15-6-3-2-4-7-15/h2-9H,10-14H2,1H3. The number of hydrogen-bond donors (Lipinski definition) is 0. The summed E-state index contributed by atoms with van der Waals surface area (Å²) in [5.74, 6) is 1.06. The molecule has 0 saturated carbocycles. The molecule has 2 aromatic carbocycles. The first-order valence-electron chi connectivity index (χ1n) is 8.49. The lowest BCUT2D eigenvalue weighted by Gasteiger charge is -2.26. The molecule has 1 fully saturated rings. The van der Waals surface area contributed by atoms with Gasteiger partial charge in [0.25, 0.3) is 0 Å². The number of ether oxygens (including phenoxy) is 2. The lowest BCUT2D eigenvalue weighted by atomic mass is 10.1. The summed E-state index contributed by atoms with van der Waals surface area (Å²) in [6.07, 6.45) is 0.780. The third kappa shape index (κ3) is 4.45. The number of nitrogens with zero attached hydrogens (tertiary/aromatic N) is 2. The van der Waals surface area contributed by atoms with Crippen molar-refractivity contribution in [3.63, 3.8) is 0 Å². The van der Waals surface area contributed by atoms with E-state index in [1.54, 1.807) is 12.1 Å². The predicted octanol–water partition coefficient (Wildman–Crippen LogP) is 4.17. The van der Waals surface area contributed by atoms with Crippen molar-refractivity contribution in [2.45, 2.75) is 18.9 Å². The van der Waals surface area contributed by atoms with Crippen LogP contribution < -0.4 is 9.47 Å². The van der Waals surface area contributed by atoms with E-state index in [9.17, 15) is 10.1 Å². The maximum absolute atomic E-state index is 11.3. The molecule has 0 spiro atoms. The zero-order valence-corrected chi connectivity index (χ0v) is 15.3. The molecule has 0 radical (unpaired) electrons. The Balaban J connectivity index is 1.57. The van der Waals surface area contributed by atoms with Crippen LogP contribution >= 0.6 is 11.6 Å². The molecule has 138 valence electrons. The number of nitro benzene ring substituents is 1. The molecule has 26 heavy (non-hydrogen) atoms. The topological polar surface area (TPSA) is 64.8 Å². The van der Waals surface area contributed by atoms with E-state index in [1.807, 2.05) is 37.3 Å². The molecule has 1 atom stereocenters. The first-order valence-corrected chi connectivity index (χ1v) is 8.87. The van der Waals surface area contributed by atoms with E-state index in [0.717, 1.165) is 25.3 Å². The van der Waals surface area contributed by atoms with Crippen LogP contribution in [0.1, 0.15) is 13.3 Å². The maximum atomic E-state index is 11.3. The molecule has 3 rings (SSSR count). The third-order valence-corrected chi connectivity index (χ3v) is 4.73.